The minimum absolute atomic E-state index is 0.594. The molecule has 0 unspecified atom stereocenters. The standard InChI is InChI=1S/C16H6F9N/c17-7-5(8(18)11(21)13(23)10(7)20)1-3-26-4-2-6-9(19)12(22)14(24)15(25)16(6)26/h2,4H,1,3H2. The van der Waals surface area contributed by atoms with Crippen LogP contribution < -0.4 is 0 Å². The van der Waals surface area contributed by atoms with Gasteiger partial charge in [0.1, 0.15) is 0 Å². The molecule has 0 spiro atoms. The van der Waals surface area contributed by atoms with Crippen molar-refractivity contribution in [1.29, 1.82) is 0 Å². The molecule has 0 aliphatic heterocycles. The summed E-state index contributed by atoms with van der Waals surface area (Å²) >= 11 is 0. The average molecular weight is 383 g/mol. The zero-order valence-electron chi connectivity index (χ0n) is 12.4. The fourth-order valence-electron chi connectivity index (χ4n) is 2.60. The van der Waals surface area contributed by atoms with Crippen LogP contribution >= 0.6 is 0 Å². The van der Waals surface area contributed by atoms with Gasteiger partial charge in [0, 0.05) is 23.7 Å². The van der Waals surface area contributed by atoms with E-state index in [1.807, 2.05) is 0 Å². The first-order valence-corrected chi connectivity index (χ1v) is 6.97. The summed E-state index contributed by atoms with van der Waals surface area (Å²) in [4.78, 5) is 0. The lowest BCUT2D eigenvalue weighted by molar-refractivity contribution is 0.368. The smallest absolute Gasteiger partial charge is 0.200 e. The predicted molar refractivity (Wildman–Crippen MR) is 71.7 cm³/mol. The lowest BCUT2D eigenvalue weighted by Crippen LogP contribution is -2.11. The molecule has 0 N–H and O–H groups in total. The summed E-state index contributed by atoms with van der Waals surface area (Å²) < 4.78 is 121. The SMILES string of the molecule is Fc1c(F)c(F)c(CCn2ccc3c(F)c(F)c(F)c(F)c32)c(F)c1F. The van der Waals surface area contributed by atoms with Gasteiger partial charge in [-0.15, -0.1) is 0 Å². The second-order valence-electron chi connectivity index (χ2n) is 5.33. The first kappa shape index (κ1) is 18.2. The van der Waals surface area contributed by atoms with E-state index in [0.29, 0.717) is 0 Å². The molecule has 0 fully saturated rings. The normalized spacial score (nSPS) is 11.6. The Bertz CT molecular complexity index is 1010. The third-order valence-corrected chi connectivity index (χ3v) is 3.89. The Kier molecular flexibility index (Phi) is 4.37. The zero-order chi connectivity index (χ0) is 19.3. The number of benzene rings is 2. The van der Waals surface area contributed by atoms with Gasteiger partial charge in [-0.05, 0) is 12.5 Å². The van der Waals surface area contributed by atoms with Crippen LogP contribution in [-0.4, -0.2) is 4.57 Å². The Morgan fingerprint density at radius 3 is 1.62 bits per heavy atom. The maximum Gasteiger partial charge on any atom is 0.200 e. The van der Waals surface area contributed by atoms with Crippen LogP contribution in [0.4, 0.5) is 39.5 Å². The number of fused-ring (bicyclic) bond motifs is 1. The highest BCUT2D eigenvalue weighted by molar-refractivity contribution is 5.81. The van der Waals surface area contributed by atoms with Gasteiger partial charge in [-0.3, -0.25) is 0 Å². The summed E-state index contributed by atoms with van der Waals surface area (Å²) in [7, 11) is 0. The Labute approximate surface area is 139 Å². The topological polar surface area (TPSA) is 4.93 Å². The van der Waals surface area contributed by atoms with Gasteiger partial charge in [0.05, 0.1) is 5.52 Å². The lowest BCUT2D eigenvalue weighted by Gasteiger charge is -2.10. The molecule has 3 aromatic rings. The molecule has 10 heteroatoms. The highest BCUT2D eigenvalue weighted by Crippen LogP contribution is 2.29. The van der Waals surface area contributed by atoms with Crippen LogP contribution in [0.5, 0.6) is 0 Å². The number of aromatic nitrogens is 1. The van der Waals surface area contributed by atoms with Crippen LogP contribution in [0.25, 0.3) is 10.9 Å². The van der Waals surface area contributed by atoms with Crippen LogP contribution in [0.3, 0.4) is 0 Å². The van der Waals surface area contributed by atoms with Gasteiger partial charge in [0.2, 0.25) is 5.82 Å². The largest absolute Gasteiger partial charge is 0.345 e. The van der Waals surface area contributed by atoms with Crippen molar-refractivity contribution in [3.63, 3.8) is 0 Å². The molecule has 0 amide bonds. The summed E-state index contributed by atoms with van der Waals surface area (Å²) in [6, 6.07) is 0.884. The molecule has 0 atom stereocenters. The number of nitrogens with zero attached hydrogens (tertiary/aromatic N) is 1. The molecule has 138 valence electrons. The van der Waals surface area contributed by atoms with Crippen molar-refractivity contribution < 1.29 is 39.5 Å². The fourth-order valence-corrected chi connectivity index (χ4v) is 2.60. The van der Waals surface area contributed by atoms with Crippen LogP contribution in [-0.2, 0) is 13.0 Å². The molecule has 0 saturated carbocycles. The molecule has 1 nitrogen and oxygen atoms in total. The quantitative estimate of drug-likeness (QED) is 0.336. The molecular weight excluding hydrogens is 377 g/mol. The minimum atomic E-state index is -2.33. The van der Waals surface area contributed by atoms with Gasteiger partial charge < -0.3 is 4.57 Å². The van der Waals surface area contributed by atoms with Crippen LogP contribution in [0, 0.1) is 52.4 Å². The average Bonchev–Trinajstić information content (AvgIpc) is 3.05. The van der Waals surface area contributed by atoms with E-state index >= 15 is 0 Å². The summed E-state index contributed by atoms with van der Waals surface area (Å²) in [5.74, 6) is -18.3. The van der Waals surface area contributed by atoms with Crippen molar-refractivity contribution in [2.24, 2.45) is 0 Å². The van der Waals surface area contributed by atoms with Crippen molar-refractivity contribution in [3.05, 3.63) is 70.2 Å². The Hall–Kier alpha value is -2.65. The van der Waals surface area contributed by atoms with Crippen molar-refractivity contribution in [2.75, 3.05) is 0 Å². The third kappa shape index (κ3) is 2.51. The summed E-state index contributed by atoms with van der Waals surface area (Å²) in [6.07, 6.45) is 0.150. The van der Waals surface area contributed by atoms with Crippen LogP contribution in [0.15, 0.2) is 12.3 Å². The second kappa shape index (κ2) is 6.26. The second-order valence-corrected chi connectivity index (χ2v) is 5.33. The third-order valence-electron chi connectivity index (χ3n) is 3.89. The van der Waals surface area contributed by atoms with Gasteiger partial charge >= 0.3 is 0 Å². The van der Waals surface area contributed by atoms with E-state index in [0.717, 1.165) is 16.8 Å². The number of hydrogen-bond acceptors (Lipinski definition) is 0. The lowest BCUT2D eigenvalue weighted by atomic mass is 10.1. The molecule has 0 aliphatic carbocycles. The molecule has 2 aromatic carbocycles. The maximum atomic E-state index is 13.9. The Morgan fingerprint density at radius 2 is 1.04 bits per heavy atom. The van der Waals surface area contributed by atoms with E-state index in [-0.39, 0.29) is 0 Å². The van der Waals surface area contributed by atoms with E-state index in [9.17, 15) is 39.5 Å². The minimum Gasteiger partial charge on any atom is -0.345 e. The highest BCUT2D eigenvalue weighted by atomic mass is 19.2. The molecule has 0 bridgehead atoms. The van der Waals surface area contributed by atoms with E-state index < -0.39 is 81.8 Å². The first-order chi connectivity index (χ1) is 12.2. The van der Waals surface area contributed by atoms with Crippen molar-refractivity contribution >= 4 is 10.9 Å². The summed E-state index contributed by atoms with van der Waals surface area (Å²) in [6.45, 7) is -0.594. The zero-order valence-corrected chi connectivity index (χ0v) is 12.4. The molecule has 0 radical (unpaired) electrons. The summed E-state index contributed by atoms with van der Waals surface area (Å²) in [5.41, 5.74) is -1.92. The van der Waals surface area contributed by atoms with Crippen LogP contribution in [0.1, 0.15) is 5.56 Å². The first-order valence-electron chi connectivity index (χ1n) is 6.97. The molecule has 1 aromatic heterocycles. The fraction of sp³-hybridized carbons (Fsp3) is 0.125. The van der Waals surface area contributed by atoms with Gasteiger partial charge in [-0.25, -0.2) is 39.5 Å². The molecule has 3 rings (SSSR count). The molecular formula is C16H6F9N. The maximum absolute atomic E-state index is 13.9. The number of halogens is 9. The Morgan fingerprint density at radius 1 is 0.577 bits per heavy atom. The number of rotatable bonds is 3. The van der Waals surface area contributed by atoms with E-state index in [1.165, 1.54) is 0 Å². The number of aryl methyl sites for hydroxylation is 1. The van der Waals surface area contributed by atoms with Crippen molar-refractivity contribution in [1.82, 2.24) is 4.57 Å². The monoisotopic (exact) mass is 383 g/mol. The van der Waals surface area contributed by atoms with Gasteiger partial charge in [-0.2, -0.15) is 0 Å². The van der Waals surface area contributed by atoms with E-state index in [2.05, 4.69) is 0 Å². The number of hydrogen-bond donors (Lipinski definition) is 0. The van der Waals surface area contributed by atoms with E-state index in [1.54, 1.807) is 0 Å². The molecule has 0 aliphatic rings. The molecule has 1 heterocycles. The van der Waals surface area contributed by atoms with Gasteiger partial charge in [-0.1, -0.05) is 0 Å². The van der Waals surface area contributed by atoms with Gasteiger partial charge in [0.15, 0.2) is 46.5 Å². The Balaban J connectivity index is 2.05. The van der Waals surface area contributed by atoms with Gasteiger partial charge in [0.25, 0.3) is 0 Å². The molecule has 26 heavy (non-hydrogen) atoms. The highest BCUT2D eigenvalue weighted by Gasteiger charge is 2.26. The van der Waals surface area contributed by atoms with Crippen LogP contribution in [0.2, 0.25) is 0 Å². The van der Waals surface area contributed by atoms with Crippen molar-refractivity contribution in [2.45, 2.75) is 13.0 Å². The van der Waals surface area contributed by atoms with Crippen molar-refractivity contribution in [3.8, 4) is 0 Å². The molecule has 0 saturated heterocycles. The van der Waals surface area contributed by atoms with E-state index in [4.69, 9.17) is 0 Å². The summed E-state index contributed by atoms with van der Waals surface area (Å²) in [5, 5.41) is -0.640. The predicted octanol–water partition coefficient (Wildman–Crippen LogP) is 5.14.